The minimum absolute atomic E-state index is 0.00401. The molecule has 2 aliphatic heterocycles. The van der Waals surface area contributed by atoms with Crippen LogP contribution in [0.15, 0.2) is 48.8 Å². The minimum Gasteiger partial charge on any atom is -0.494 e. The van der Waals surface area contributed by atoms with Crippen LogP contribution in [0.2, 0.25) is 0 Å². The van der Waals surface area contributed by atoms with Gasteiger partial charge in [-0.2, -0.15) is 0 Å². The third kappa shape index (κ3) is 4.24. The summed E-state index contributed by atoms with van der Waals surface area (Å²) in [6.45, 7) is 5.20. The van der Waals surface area contributed by atoms with Gasteiger partial charge in [-0.15, -0.1) is 0 Å². The number of rotatable bonds is 6. The predicted molar refractivity (Wildman–Crippen MR) is 169 cm³/mol. The van der Waals surface area contributed by atoms with Gasteiger partial charge in [-0.05, 0) is 74.4 Å². The Labute approximate surface area is 255 Å². The van der Waals surface area contributed by atoms with Crippen molar-refractivity contribution in [2.45, 2.75) is 44.8 Å². The van der Waals surface area contributed by atoms with Crippen LogP contribution in [-0.2, 0) is 13.6 Å². The first kappa shape index (κ1) is 27.1. The molecule has 8 rings (SSSR count). The maximum absolute atomic E-state index is 13.9. The maximum atomic E-state index is 13.9. The van der Waals surface area contributed by atoms with Crippen LogP contribution in [0, 0.1) is 18.8 Å². The lowest BCUT2D eigenvalue weighted by molar-refractivity contribution is 0.0700. The molecule has 6 heterocycles. The molecular formula is C33H37N9O2. The first-order valence-corrected chi connectivity index (χ1v) is 15.5. The van der Waals surface area contributed by atoms with E-state index in [1.807, 2.05) is 55.5 Å². The molecule has 4 atom stereocenters. The summed E-state index contributed by atoms with van der Waals surface area (Å²) in [5.41, 5.74) is 10.6. The molecule has 3 fully saturated rings. The number of imidazole rings is 1. The van der Waals surface area contributed by atoms with Crippen LogP contribution >= 0.6 is 0 Å². The van der Waals surface area contributed by atoms with Crippen molar-refractivity contribution >= 4 is 33.8 Å². The number of ether oxygens (including phenoxy) is 1. The quantitative estimate of drug-likeness (QED) is 0.317. The summed E-state index contributed by atoms with van der Waals surface area (Å²) >= 11 is 0. The van der Waals surface area contributed by atoms with Crippen LogP contribution in [0.5, 0.6) is 5.75 Å². The molecule has 5 aromatic rings. The number of amides is 1. The van der Waals surface area contributed by atoms with Gasteiger partial charge in [-0.3, -0.25) is 4.79 Å². The zero-order valence-corrected chi connectivity index (χ0v) is 25.3. The van der Waals surface area contributed by atoms with Crippen LogP contribution in [0.25, 0.3) is 33.6 Å². The highest BCUT2D eigenvalue weighted by Gasteiger charge is 2.47. The lowest BCUT2D eigenvalue weighted by Gasteiger charge is -2.27. The van der Waals surface area contributed by atoms with E-state index in [9.17, 15) is 4.79 Å². The molecular weight excluding hydrogens is 554 g/mol. The molecule has 0 spiro atoms. The summed E-state index contributed by atoms with van der Waals surface area (Å²) in [5.74, 6) is 3.98. The molecule has 11 heteroatoms. The highest BCUT2D eigenvalue weighted by atomic mass is 16.5. The number of piperidine rings is 1. The van der Waals surface area contributed by atoms with Gasteiger partial charge in [0.1, 0.15) is 28.6 Å². The number of fused-ring (bicyclic) bond motifs is 4. The van der Waals surface area contributed by atoms with Crippen molar-refractivity contribution in [2.24, 2.45) is 24.6 Å². The van der Waals surface area contributed by atoms with E-state index in [1.165, 1.54) is 0 Å². The van der Waals surface area contributed by atoms with E-state index >= 15 is 0 Å². The standard InChI is InChI=1S/C33H37N9O2/c1-19-35-11-8-28(37-19)40-12-9-20(16-40)17-42-30-24(38-32(42)26-14-21-5-4-10-36-31(21)39(26)2)13-23(15-27(30)44-3)33(43)41-18-22-6-7-25(41)29(22)34/h4-5,8,10-11,13-15,20,22,25,29H,6-7,9,12,16-18,34H2,1-3H3/t20-,22+,25+,29+/m0/s1. The van der Waals surface area contributed by atoms with Gasteiger partial charge in [0.2, 0.25) is 0 Å². The van der Waals surface area contributed by atoms with Crippen molar-refractivity contribution in [1.29, 1.82) is 0 Å². The number of benzene rings is 1. The molecule has 0 unspecified atom stereocenters. The van der Waals surface area contributed by atoms with Crippen LogP contribution in [0.1, 0.15) is 35.4 Å². The Kier molecular flexibility index (Phi) is 6.33. The number of nitrogens with two attached hydrogens (primary N) is 1. The first-order valence-electron chi connectivity index (χ1n) is 15.5. The largest absolute Gasteiger partial charge is 0.494 e. The van der Waals surface area contributed by atoms with E-state index in [1.54, 1.807) is 7.11 Å². The van der Waals surface area contributed by atoms with E-state index in [0.29, 0.717) is 23.1 Å². The number of aryl methyl sites for hydroxylation is 2. The molecule has 226 valence electrons. The fraction of sp³-hybridized carbons (Fsp3) is 0.424. The second-order valence-corrected chi connectivity index (χ2v) is 12.6. The van der Waals surface area contributed by atoms with Crippen molar-refractivity contribution in [3.05, 3.63) is 60.2 Å². The summed E-state index contributed by atoms with van der Waals surface area (Å²) < 4.78 is 10.4. The second-order valence-electron chi connectivity index (χ2n) is 12.6. The molecule has 3 aliphatic rings. The molecule has 44 heavy (non-hydrogen) atoms. The molecule has 2 saturated heterocycles. The predicted octanol–water partition coefficient (Wildman–Crippen LogP) is 3.79. The second kappa shape index (κ2) is 10.3. The van der Waals surface area contributed by atoms with Crippen molar-refractivity contribution in [3.8, 4) is 17.3 Å². The van der Waals surface area contributed by atoms with E-state index in [0.717, 1.165) is 90.7 Å². The molecule has 11 nitrogen and oxygen atoms in total. The smallest absolute Gasteiger partial charge is 0.254 e. The lowest BCUT2D eigenvalue weighted by atomic mass is 10.1. The Morgan fingerprint density at radius 1 is 1.07 bits per heavy atom. The number of methoxy groups -OCH3 is 1. The third-order valence-corrected chi connectivity index (χ3v) is 10.0. The number of likely N-dealkylation sites (tertiary alicyclic amines) is 1. The molecule has 1 aromatic carbocycles. The molecule has 1 aliphatic carbocycles. The number of aromatic nitrogens is 6. The first-order chi connectivity index (χ1) is 21.4. The van der Waals surface area contributed by atoms with Crippen LogP contribution in [0.3, 0.4) is 0 Å². The molecule has 2 N–H and O–H groups in total. The van der Waals surface area contributed by atoms with E-state index < -0.39 is 0 Å². The molecule has 4 aromatic heterocycles. The third-order valence-electron chi connectivity index (χ3n) is 10.0. The summed E-state index contributed by atoms with van der Waals surface area (Å²) in [6.07, 6.45) is 6.73. The minimum atomic E-state index is 0.00401. The van der Waals surface area contributed by atoms with Crippen LogP contribution < -0.4 is 15.4 Å². The molecule has 2 bridgehead atoms. The Morgan fingerprint density at radius 3 is 2.70 bits per heavy atom. The Hall–Kier alpha value is -4.51. The van der Waals surface area contributed by atoms with Gasteiger partial charge < -0.3 is 29.4 Å². The fourth-order valence-electron chi connectivity index (χ4n) is 7.77. The number of nitrogens with zero attached hydrogens (tertiary/aromatic N) is 8. The van der Waals surface area contributed by atoms with Gasteiger partial charge in [-0.25, -0.2) is 19.9 Å². The molecule has 1 amide bonds. The molecule has 1 saturated carbocycles. The number of pyridine rings is 1. The summed E-state index contributed by atoms with van der Waals surface area (Å²) in [5, 5.41) is 1.05. The SMILES string of the molecule is COc1cc(C(=O)N2C[C@H]3CC[C@@H]2[C@@H]3N)cc2nc(-c3cc4cccnc4n3C)n(C[C@H]3CCN(c4ccnc(C)n4)C3)c12. The maximum Gasteiger partial charge on any atom is 0.254 e. The number of carbonyl (C=O) groups excluding carboxylic acids is 1. The summed E-state index contributed by atoms with van der Waals surface area (Å²) in [6, 6.07) is 12.1. The van der Waals surface area contributed by atoms with Gasteiger partial charge in [-0.1, -0.05) is 0 Å². The van der Waals surface area contributed by atoms with Crippen LogP contribution in [-0.4, -0.2) is 78.7 Å². The van der Waals surface area contributed by atoms with Gasteiger partial charge >= 0.3 is 0 Å². The number of anilines is 1. The van der Waals surface area contributed by atoms with Crippen molar-refractivity contribution < 1.29 is 9.53 Å². The van der Waals surface area contributed by atoms with E-state index in [-0.39, 0.29) is 18.0 Å². The highest BCUT2D eigenvalue weighted by molar-refractivity contribution is 6.00. The lowest BCUT2D eigenvalue weighted by Crippen LogP contribution is -2.41. The summed E-state index contributed by atoms with van der Waals surface area (Å²) in [7, 11) is 3.70. The average molecular weight is 592 g/mol. The zero-order chi connectivity index (χ0) is 30.1. The highest BCUT2D eigenvalue weighted by Crippen LogP contribution is 2.40. The number of carbonyl (C=O) groups is 1. The monoisotopic (exact) mass is 591 g/mol. The Balaban J connectivity index is 1.22. The van der Waals surface area contributed by atoms with Gasteiger partial charge in [0.15, 0.2) is 5.82 Å². The van der Waals surface area contributed by atoms with Crippen LogP contribution in [0.4, 0.5) is 5.82 Å². The Morgan fingerprint density at radius 2 is 1.95 bits per heavy atom. The zero-order valence-electron chi connectivity index (χ0n) is 25.3. The number of hydrogen-bond donors (Lipinski definition) is 1. The number of hydrogen-bond acceptors (Lipinski definition) is 8. The van der Waals surface area contributed by atoms with Crippen molar-refractivity contribution in [2.75, 3.05) is 31.6 Å². The topological polar surface area (TPSA) is 120 Å². The molecule has 0 radical (unpaired) electrons. The fourth-order valence-corrected chi connectivity index (χ4v) is 7.77. The van der Waals surface area contributed by atoms with Gasteiger partial charge in [0.05, 0.1) is 18.3 Å². The van der Waals surface area contributed by atoms with Gasteiger partial charge in [0, 0.05) is 68.7 Å². The average Bonchev–Trinajstić information content (AvgIpc) is 3.86. The summed E-state index contributed by atoms with van der Waals surface area (Å²) in [4.78, 5) is 36.9. The normalized spacial score (nSPS) is 23.0. The van der Waals surface area contributed by atoms with Crippen molar-refractivity contribution in [1.82, 2.24) is 34.0 Å². The van der Waals surface area contributed by atoms with Gasteiger partial charge in [0.25, 0.3) is 5.91 Å². The van der Waals surface area contributed by atoms with Crippen molar-refractivity contribution in [3.63, 3.8) is 0 Å². The van der Waals surface area contributed by atoms with E-state index in [2.05, 4.69) is 41.1 Å². The Bertz CT molecular complexity index is 1910. The van der Waals surface area contributed by atoms with E-state index in [4.69, 9.17) is 15.5 Å².